The third-order valence-corrected chi connectivity index (χ3v) is 3.18. The Kier molecular flexibility index (Phi) is 2.42. The predicted octanol–water partition coefficient (Wildman–Crippen LogP) is 1.48. The van der Waals surface area contributed by atoms with Gasteiger partial charge in [0.1, 0.15) is 0 Å². The van der Waals surface area contributed by atoms with Crippen molar-refractivity contribution in [2.45, 2.75) is 19.8 Å². The molecule has 0 spiro atoms. The SMILES string of the molecule is CC1(CN)CCSCC1. The third kappa shape index (κ3) is 1.87. The monoisotopic (exact) mass is 145 g/mol. The highest BCUT2D eigenvalue weighted by atomic mass is 32.2. The van der Waals surface area contributed by atoms with E-state index in [4.69, 9.17) is 5.73 Å². The molecule has 54 valence electrons. The molecule has 0 saturated carbocycles. The highest BCUT2D eigenvalue weighted by Gasteiger charge is 2.24. The first kappa shape index (κ1) is 7.42. The lowest BCUT2D eigenvalue weighted by atomic mass is 9.85. The fourth-order valence-electron chi connectivity index (χ4n) is 1.07. The van der Waals surface area contributed by atoms with E-state index in [0.29, 0.717) is 5.41 Å². The average Bonchev–Trinajstić information content (AvgIpc) is 1.90. The van der Waals surface area contributed by atoms with Crippen molar-refractivity contribution in [1.82, 2.24) is 0 Å². The second kappa shape index (κ2) is 2.93. The van der Waals surface area contributed by atoms with Crippen molar-refractivity contribution in [1.29, 1.82) is 0 Å². The lowest BCUT2D eigenvalue weighted by Crippen LogP contribution is -2.30. The van der Waals surface area contributed by atoms with E-state index < -0.39 is 0 Å². The summed E-state index contributed by atoms with van der Waals surface area (Å²) in [6, 6.07) is 0. The third-order valence-electron chi connectivity index (χ3n) is 2.19. The van der Waals surface area contributed by atoms with E-state index in [1.807, 2.05) is 0 Å². The van der Waals surface area contributed by atoms with Gasteiger partial charge in [0.15, 0.2) is 0 Å². The Bertz CT molecular complexity index is 86.9. The van der Waals surface area contributed by atoms with E-state index in [-0.39, 0.29) is 0 Å². The molecule has 2 N–H and O–H groups in total. The van der Waals surface area contributed by atoms with Crippen molar-refractivity contribution >= 4 is 11.8 Å². The van der Waals surface area contributed by atoms with Crippen LogP contribution in [0.25, 0.3) is 0 Å². The van der Waals surface area contributed by atoms with Gasteiger partial charge in [-0.2, -0.15) is 11.8 Å². The first-order valence-corrected chi connectivity index (χ1v) is 4.70. The van der Waals surface area contributed by atoms with Crippen molar-refractivity contribution in [3.8, 4) is 0 Å². The largest absolute Gasteiger partial charge is 0.330 e. The van der Waals surface area contributed by atoms with Crippen LogP contribution in [-0.2, 0) is 0 Å². The summed E-state index contributed by atoms with van der Waals surface area (Å²) in [5.41, 5.74) is 6.11. The lowest BCUT2D eigenvalue weighted by molar-refractivity contribution is 0.309. The Labute approximate surface area is 61.4 Å². The minimum Gasteiger partial charge on any atom is -0.330 e. The van der Waals surface area contributed by atoms with Gasteiger partial charge in [-0.05, 0) is 36.3 Å². The van der Waals surface area contributed by atoms with Gasteiger partial charge < -0.3 is 5.73 Å². The van der Waals surface area contributed by atoms with Crippen molar-refractivity contribution < 1.29 is 0 Å². The summed E-state index contributed by atoms with van der Waals surface area (Å²) < 4.78 is 0. The molecule has 1 rings (SSSR count). The summed E-state index contributed by atoms with van der Waals surface area (Å²) in [6.45, 7) is 3.17. The van der Waals surface area contributed by atoms with E-state index in [2.05, 4.69) is 18.7 Å². The predicted molar refractivity (Wildman–Crippen MR) is 43.7 cm³/mol. The van der Waals surface area contributed by atoms with E-state index >= 15 is 0 Å². The van der Waals surface area contributed by atoms with Crippen molar-refractivity contribution in [3.05, 3.63) is 0 Å². The van der Waals surface area contributed by atoms with Gasteiger partial charge >= 0.3 is 0 Å². The maximum absolute atomic E-state index is 5.63. The molecule has 0 aromatic heterocycles. The molecule has 9 heavy (non-hydrogen) atoms. The molecule has 0 radical (unpaired) electrons. The molecule has 1 fully saturated rings. The molecular formula is C7H15NS. The van der Waals surface area contributed by atoms with Gasteiger partial charge in [-0.3, -0.25) is 0 Å². The van der Waals surface area contributed by atoms with Crippen LogP contribution in [0.1, 0.15) is 19.8 Å². The topological polar surface area (TPSA) is 26.0 Å². The van der Waals surface area contributed by atoms with Gasteiger partial charge in [-0.15, -0.1) is 0 Å². The maximum Gasteiger partial charge on any atom is -0.00226 e. The average molecular weight is 145 g/mol. The number of hydrogen-bond donors (Lipinski definition) is 1. The number of thioether (sulfide) groups is 1. The van der Waals surface area contributed by atoms with Crippen molar-refractivity contribution in [2.75, 3.05) is 18.1 Å². The molecule has 2 heteroatoms. The Morgan fingerprint density at radius 3 is 2.33 bits per heavy atom. The quantitative estimate of drug-likeness (QED) is 0.605. The van der Waals surface area contributed by atoms with Crippen LogP contribution in [0, 0.1) is 5.41 Å². The molecule has 0 bridgehead atoms. The van der Waals surface area contributed by atoms with E-state index in [1.165, 1.54) is 24.3 Å². The van der Waals surface area contributed by atoms with Crippen LogP contribution in [0.2, 0.25) is 0 Å². The molecule has 0 atom stereocenters. The molecule has 1 nitrogen and oxygen atoms in total. The summed E-state index contributed by atoms with van der Waals surface area (Å²) in [7, 11) is 0. The van der Waals surface area contributed by atoms with Gasteiger partial charge in [0.2, 0.25) is 0 Å². The number of hydrogen-bond acceptors (Lipinski definition) is 2. The van der Waals surface area contributed by atoms with E-state index in [0.717, 1.165) is 6.54 Å². The van der Waals surface area contributed by atoms with Crippen LogP contribution in [0.3, 0.4) is 0 Å². The fraction of sp³-hybridized carbons (Fsp3) is 1.00. The van der Waals surface area contributed by atoms with Crippen LogP contribution < -0.4 is 5.73 Å². The fourth-order valence-corrected chi connectivity index (χ4v) is 2.55. The first-order valence-electron chi connectivity index (χ1n) is 3.55. The highest BCUT2D eigenvalue weighted by molar-refractivity contribution is 7.99. The zero-order chi connectivity index (χ0) is 6.74. The van der Waals surface area contributed by atoms with Gasteiger partial charge in [-0.1, -0.05) is 6.92 Å². The molecule has 0 aromatic carbocycles. The lowest BCUT2D eigenvalue weighted by Gasteiger charge is -2.31. The van der Waals surface area contributed by atoms with Crippen LogP contribution in [0.5, 0.6) is 0 Å². The molecule has 0 aliphatic carbocycles. The van der Waals surface area contributed by atoms with Crippen LogP contribution >= 0.6 is 11.8 Å². The van der Waals surface area contributed by atoms with Crippen LogP contribution in [0.4, 0.5) is 0 Å². The molecule has 0 amide bonds. The van der Waals surface area contributed by atoms with Gasteiger partial charge in [-0.25, -0.2) is 0 Å². The summed E-state index contributed by atoms with van der Waals surface area (Å²) in [5.74, 6) is 2.63. The molecule has 0 unspecified atom stereocenters. The Morgan fingerprint density at radius 1 is 1.44 bits per heavy atom. The summed E-state index contributed by atoms with van der Waals surface area (Å²) in [4.78, 5) is 0. The molecule has 1 heterocycles. The smallest absolute Gasteiger partial charge is 0.00226 e. The van der Waals surface area contributed by atoms with Crippen LogP contribution in [0.15, 0.2) is 0 Å². The van der Waals surface area contributed by atoms with Gasteiger partial charge in [0.05, 0.1) is 0 Å². The second-order valence-corrected chi connectivity index (χ2v) is 4.35. The minimum absolute atomic E-state index is 0.477. The molecule has 1 aliphatic rings. The number of rotatable bonds is 1. The zero-order valence-electron chi connectivity index (χ0n) is 6.02. The summed E-state index contributed by atoms with van der Waals surface area (Å²) in [6.07, 6.45) is 2.63. The van der Waals surface area contributed by atoms with E-state index in [1.54, 1.807) is 0 Å². The molecule has 1 saturated heterocycles. The molecule has 1 aliphatic heterocycles. The van der Waals surface area contributed by atoms with Crippen molar-refractivity contribution in [3.63, 3.8) is 0 Å². The Balaban J connectivity index is 2.37. The highest BCUT2D eigenvalue weighted by Crippen LogP contribution is 2.32. The van der Waals surface area contributed by atoms with Crippen LogP contribution in [-0.4, -0.2) is 18.1 Å². The normalized spacial score (nSPS) is 26.0. The summed E-state index contributed by atoms with van der Waals surface area (Å²) >= 11 is 2.06. The first-order chi connectivity index (χ1) is 4.27. The summed E-state index contributed by atoms with van der Waals surface area (Å²) in [5, 5.41) is 0. The zero-order valence-corrected chi connectivity index (χ0v) is 6.84. The van der Waals surface area contributed by atoms with Crippen molar-refractivity contribution in [2.24, 2.45) is 11.1 Å². The second-order valence-electron chi connectivity index (χ2n) is 3.13. The van der Waals surface area contributed by atoms with E-state index in [9.17, 15) is 0 Å². The number of nitrogens with two attached hydrogens (primary N) is 1. The Morgan fingerprint density at radius 2 is 2.00 bits per heavy atom. The van der Waals surface area contributed by atoms with Gasteiger partial charge in [0, 0.05) is 0 Å². The maximum atomic E-state index is 5.63. The Hall–Kier alpha value is 0.310. The minimum atomic E-state index is 0.477. The molecular weight excluding hydrogens is 130 g/mol. The standard InChI is InChI=1S/C7H15NS/c1-7(6-8)2-4-9-5-3-7/h2-6,8H2,1H3. The molecule has 0 aromatic rings. The van der Waals surface area contributed by atoms with Gasteiger partial charge in [0.25, 0.3) is 0 Å².